The number of hydrogen-bond acceptors (Lipinski definition) is 4. The lowest BCUT2D eigenvalue weighted by molar-refractivity contribution is -0.133. The van der Waals surface area contributed by atoms with Gasteiger partial charge >= 0.3 is 0 Å². The number of carbonyl (C=O) groups is 1. The maximum absolute atomic E-state index is 12.6. The molecule has 0 radical (unpaired) electrons. The number of ether oxygens (including phenoxy) is 2. The summed E-state index contributed by atoms with van der Waals surface area (Å²) in [5, 5.41) is 0. The van der Waals surface area contributed by atoms with Gasteiger partial charge in [0.1, 0.15) is 0 Å². The number of carbonyl (C=O) groups excluding carboxylic acids is 1. The molecule has 0 spiro atoms. The molecule has 166 valence electrons. The van der Waals surface area contributed by atoms with Crippen LogP contribution in [-0.2, 0) is 11.2 Å². The van der Waals surface area contributed by atoms with Crippen molar-refractivity contribution in [2.45, 2.75) is 57.6 Å². The van der Waals surface area contributed by atoms with Gasteiger partial charge in [-0.3, -0.25) is 4.79 Å². The van der Waals surface area contributed by atoms with Crippen LogP contribution in [0.15, 0.2) is 48.5 Å². The predicted octanol–water partition coefficient (Wildman–Crippen LogP) is 4.69. The SMILES string of the molecule is CCC(=O)N1CCN(c2ccc(OC)c(OC3CCCC3)c2)CC1Cc1ccccc1. The molecule has 2 aromatic rings. The molecule has 1 atom stereocenters. The van der Waals surface area contributed by atoms with Crippen LogP contribution in [0.5, 0.6) is 11.5 Å². The van der Waals surface area contributed by atoms with Crippen molar-refractivity contribution in [2.24, 2.45) is 0 Å². The molecule has 2 aliphatic rings. The highest BCUT2D eigenvalue weighted by Gasteiger charge is 2.30. The lowest BCUT2D eigenvalue weighted by Crippen LogP contribution is -2.56. The standard InChI is InChI=1S/C26H34N2O3/c1-3-26(29)28-16-15-27(19-22(28)17-20-9-5-4-6-10-20)21-13-14-24(30-2)25(18-21)31-23-11-7-8-12-23/h4-6,9-10,13-14,18,22-23H,3,7-8,11-12,15-17,19H2,1-2H3. The molecule has 31 heavy (non-hydrogen) atoms. The van der Waals surface area contributed by atoms with E-state index in [9.17, 15) is 4.79 Å². The molecule has 5 heteroatoms. The van der Waals surface area contributed by atoms with E-state index in [1.807, 2.05) is 19.1 Å². The molecule has 4 rings (SSSR count). The average molecular weight is 423 g/mol. The first-order valence-corrected chi connectivity index (χ1v) is 11.6. The van der Waals surface area contributed by atoms with Crippen molar-refractivity contribution >= 4 is 11.6 Å². The number of piperazine rings is 1. The molecule has 1 saturated heterocycles. The van der Waals surface area contributed by atoms with Crippen molar-refractivity contribution in [3.8, 4) is 11.5 Å². The summed E-state index contributed by atoms with van der Waals surface area (Å²) in [7, 11) is 1.70. The van der Waals surface area contributed by atoms with Gasteiger partial charge in [-0.2, -0.15) is 0 Å². The van der Waals surface area contributed by atoms with Gasteiger partial charge in [-0.05, 0) is 49.8 Å². The van der Waals surface area contributed by atoms with Gasteiger partial charge in [0, 0.05) is 37.8 Å². The quantitative estimate of drug-likeness (QED) is 0.649. The molecule has 5 nitrogen and oxygen atoms in total. The van der Waals surface area contributed by atoms with E-state index in [-0.39, 0.29) is 18.1 Å². The van der Waals surface area contributed by atoms with Crippen LogP contribution in [0.1, 0.15) is 44.6 Å². The fraction of sp³-hybridized carbons (Fsp3) is 0.500. The van der Waals surface area contributed by atoms with E-state index in [0.29, 0.717) is 6.42 Å². The molecule has 0 N–H and O–H groups in total. The summed E-state index contributed by atoms with van der Waals surface area (Å²) in [4.78, 5) is 17.1. The Balaban J connectivity index is 1.54. The van der Waals surface area contributed by atoms with Gasteiger partial charge in [0.15, 0.2) is 11.5 Å². The number of hydrogen-bond donors (Lipinski definition) is 0. The Kier molecular flexibility index (Phi) is 7.00. The highest BCUT2D eigenvalue weighted by Crippen LogP contribution is 2.35. The molecule has 1 unspecified atom stereocenters. The summed E-state index contributed by atoms with van der Waals surface area (Å²) in [6.07, 6.45) is 6.41. The highest BCUT2D eigenvalue weighted by atomic mass is 16.5. The maximum atomic E-state index is 12.6. The Morgan fingerprint density at radius 1 is 1.03 bits per heavy atom. The van der Waals surface area contributed by atoms with Gasteiger partial charge in [-0.15, -0.1) is 0 Å². The first-order valence-electron chi connectivity index (χ1n) is 11.6. The third-order valence-corrected chi connectivity index (χ3v) is 6.53. The highest BCUT2D eigenvalue weighted by molar-refractivity contribution is 5.76. The number of amides is 1. The fourth-order valence-electron chi connectivity index (χ4n) is 4.82. The molecule has 1 aliphatic carbocycles. The van der Waals surface area contributed by atoms with Crippen LogP contribution in [0, 0.1) is 0 Å². The average Bonchev–Trinajstić information content (AvgIpc) is 3.32. The van der Waals surface area contributed by atoms with Crippen LogP contribution in [0.25, 0.3) is 0 Å². The molecule has 1 aliphatic heterocycles. The minimum absolute atomic E-state index is 0.157. The zero-order chi connectivity index (χ0) is 21.6. The third kappa shape index (κ3) is 5.15. The fourth-order valence-corrected chi connectivity index (χ4v) is 4.82. The van der Waals surface area contributed by atoms with Gasteiger partial charge in [0.25, 0.3) is 0 Å². The maximum Gasteiger partial charge on any atom is 0.222 e. The Morgan fingerprint density at radius 2 is 1.81 bits per heavy atom. The molecule has 2 aromatic carbocycles. The van der Waals surface area contributed by atoms with Crippen LogP contribution in [-0.4, -0.2) is 49.7 Å². The van der Waals surface area contributed by atoms with E-state index >= 15 is 0 Å². The van der Waals surface area contributed by atoms with Crippen LogP contribution >= 0.6 is 0 Å². The van der Waals surface area contributed by atoms with E-state index in [1.54, 1.807) is 7.11 Å². The second-order valence-electron chi connectivity index (χ2n) is 8.59. The molecule has 1 saturated carbocycles. The topological polar surface area (TPSA) is 42.0 Å². The monoisotopic (exact) mass is 422 g/mol. The number of anilines is 1. The second-order valence-corrected chi connectivity index (χ2v) is 8.59. The predicted molar refractivity (Wildman–Crippen MR) is 124 cm³/mol. The van der Waals surface area contributed by atoms with Crippen LogP contribution in [0.4, 0.5) is 5.69 Å². The summed E-state index contributed by atoms with van der Waals surface area (Å²) in [5.74, 6) is 1.86. The Morgan fingerprint density at radius 3 is 2.52 bits per heavy atom. The van der Waals surface area contributed by atoms with E-state index in [4.69, 9.17) is 9.47 Å². The lowest BCUT2D eigenvalue weighted by Gasteiger charge is -2.42. The lowest BCUT2D eigenvalue weighted by atomic mass is 10.0. The number of rotatable bonds is 7. The van der Waals surface area contributed by atoms with Crippen molar-refractivity contribution in [1.29, 1.82) is 0 Å². The Labute approximate surface area is 185 Å². The zero-order valence-electron chi connectivity index (χ0n) is 18.8. The van der Waals surface area contributed by atoms with Crippen molar-refractivity contribution in [3.05, 3.63) is 54.1 Å². The Hall–Kier alpha value is -2.69. The van der Waals surface area contributed by atoms with E-state index < -0.39 is 0 Å². The number of methoxy groups -OCH3 is 1. The normalized spacial score (nSPS) is 19.5. The minimum Gasteiger partial charge on any atom is -0.493 e. The zero-order valence-corrected chi connectivity index (χ0v) is 18.8. The van der Waals surface area contributed by atoms with Gasteiger partial charge in [-0.1, -0.05) is 37.3 Å². The molecular weight excluding hydrogens is 388 g/mol. The first kappa shape index (κ1) is 21.5. The van der Waals surface area contributed by atoms with Gasteiger partial charge in [0.05, 0.1) is 19.3 Å². The first-order chi connectivity index (χ1) is 15.2. The molecule has 0 aromatic heterocycles. The van der Waals surface area contributed by atoms with Gasteiger partial charge in [0.2, 0.25) is 5.91 Å². The largest absolute Gasteiger partial charge is 0.493 e. The summed E-state index contributed by atoms with van der Waals surface area (Å²) >= 11 is 0. The number of benzene rings is 2. The molecular formula is C26H34N2O3. The molecule has 0 bridgehead atoms. The molecule has 1 amide bonds. The van der Waals surface area contributed by atoms with Crippen LogP contribution in [0.2, 0.25) is 0 Å². The summed E-state index contributed by atoms with van der Waals surface area (Å²) in [5.41, 5.74) is 2.40. The summed E-state index contributed by atoms with van der Waals surface area (Å²) in [6, 6.07) is 16.9. The Bertz CT molecular complexity index is 864. The van der Waals surface area contributed by atoms with Crippen molar-refractivity contribution in [1.82, 2.24) is 4.90 Å². The van der Waals surface area contributed by atoms with Crippen LogP contribution < -0.4 is 14.4 Å². The van der Waals surface area contributed by atoms with Crippen LogP contribution in [0.3, 0.4) is 0 Å². The van der Waals surface area contributed by atoms with Gasteiger partial charge in [-0.25, -0.2) is 0 Å². The van der Waals surface area contributed by atoms with Crippen molar-refractivity contribution in [2.75, 3.05) is 31.6 Å². The van der Waals surface area contributed by atoms with Crippen molar-refractivity contribution in [3.63, 3.8) is 0 Å². The third-order valence-electron chi connectivity index (χ3n) is 6.53. The van der Waals surface area contributed by atoms with Gasteiger partial charge < -0.3 is 19.3 Å². The molecule has 2 fully saturated rings. The van der Waals surface area contributed by atoms with E-state index in [2.05, 4.69) is 46.2 Å². The summed E-state index contributed by atoms with van der Waals surface area (Å²) in [6.45, 7) is 4.33. The second kappa shape index (κ2) is 10.1. The minimum atomic E-state index is 0.157. The summed E-state index contributed by atoms with van der Waals surface area (Å²) < 4.78 is 11.9. The van der Waals surface area contributed by atoms with E-state index in [0.717, 1.165) is 56.1 Å². The number of nitrogens with zero attached hydrogens (tertiary/aromatic N) is 2. The van der Waals surface area contributed by atoms with Crippen molar-refractivity contribution < 1.29 is 14.3 Å². The van der Waals surface area contributed by atoms with E-state index in [1.165, 1.54) is 18.4 Å². The molecule has 1 heterocycles. The smallest absolute Gasteiger partial charge is 0.222 e.